The standard InChI is InChI=1S/C19H18ClN7O2S/c1-11-14-7-6-13(8-17(14)27-26-11)23-19-21-10-15(20)18(25-19)24-16-5-3-2-4-12(16)9-22-30(28)29/h2-8,10,22H,9H2,1H3,(H,26,27)(H,28,29)(H2,21,23,24,25). The van der Waals surface area contributed by atoms with Gasteiger partial charge in [0.1, 0.15) is 5.02 Å². The zero-order valence-electron chi connectivity index (χ0n) is 15.8. The molecule has 0 saturated carbocycles. The fraction of sp³-hybridized carbons (Fsp3) is 0.105. The van der Waals surface area contributed by atoms with Crippen LogP contribution in [-0.4, -0.2) is 28.9 Å². The summed E-state index contributed by atoms with van der Waals surface area (Å²) in [5.74, 6) is 0.768. The number of hydrogen-bond donors (Lipinski definition) is 5. The molecule has 4 rings (SSSR count). The Morgan fingerprint density at radius 1 is 1.20 bits per heavy atom. The summed E-state index contributed by atoms with van der Waals surface area (Å²) < 4.78 is 22.4. The maximum absolute atomic E-state index is 10.9. The molecule has 5 N–H and O–H groups in total. The molecule has 0 radical (unpaired) electrons. The summed E-state index contributed by atoms with van der Waals surface area (Å²) in [5, 5.41) is 14.9. The second-order valence-corrected chi connectivity index (χ2v) is 7.64. The third-order valence-corrected chi connectivity index (χ3v) is 5.07. The number of aromatic nitrogens is 4. The minimum absolute atomic E-state index is 0.198. The summed E-state index contributed by atoms with van der Waals surface area (Å²) in [6, 6.07) is 13.1. The summed E-state index contributed by atoms with van der Waals surface area (Å²) in [5.41, 5.74) is 4.12. The number of nitrogens with one attached hydrogen (secondary N) is 4. The van der Waals surface area contributed by atoms with Crippen LogP contribution in [0.3, 0.4) is 0 Å². The summed E-state index contributed by atoms with van der Waals surface area (Å²) in [4.78, 5) is 8.70. The predicted molar refractivity (Wildman–Crippen MR) is 118 cm³/mol. The zero-order chi connectivity index (χ0) is 21.1. The molecular weight excluding hydrogens is 426 g/mol. The molecule has 2 heterocycles. The molecule has 154 valence electrons. The van der Waals surface area contributed by atoms with Gasteiger partial charge in [0.2, 0.25) is 17.2 Å². The van der Waals surface area contributed by atoms with Crippen LogP contribution in [0.25, 0.3) is 10.9 Å². The van der Waals surface area contributed by atoms with Gasteiger partial charge in [-0.25, -0.2) is 13.9 Å². The lowest BCUT2D eigenvalue weighted by atomic mass is 10.2. The molecule has 9 nitrogen and oxygen atoms in total. The molecule has 0 amide bonds. The summed E-state index contributed by atoms with van der Waals surface area (Å²) in [7, 11) is 0. The number of benzene rings is 2. The zero-order valence-corrected chi connectivity index (χ0v) is 17.4. The van der Waals surface area contributed by atoms with Crippen LogP contribution in [-0.2, 0) is 17.8 Å². The van der Waals surface area contributed by atoms with Gasteiger partial charge in [-0.05, 0) is 36.8 Å². The molecular formula is C19H18ClN7O2S. The van der Waals surface area contributed by atoms with Crippen LogP contribution in [0.2, 0.25) is 5.02 Å². The highest BCUT2D eigenvalue weighted by Gasteiger charge is 2.10. The fourth-order valence-electron chi connectivity index (χ4n) is 2.93. The van der Waals surface area contributed by atoms with E-state index in [0.29, 0.717) is 22.5 Å². The maximum Gasteiger partial charge on any atom is 0.232 e. The molecule has 0 fully saturated rings. The first kappa shape index (κ1) is 20.2. The topological polar surface area (TPSA) is 128 Å². The number of nitrogens with zero attached hydrogens (tertiary/aromatic N) is 3. The fourth-order valence-corrected chi connectivity index (χ4v) is 3.35. The molecule has 1 unspecified atom stereocenters. The second-order valence-electron chi connectivity index (χ2n) is 6.45. The number of H-pyrrole nitrogens is 1. The van der Waals surface area contributed by atoms with E-state index in [2.05, 4.69) is 35.5 Å². The summed E-state index contributed by atoms with van der Waals surface area (Å²) in [6.07, 6.45) is 1.50. The monoisotopic (exact) mass is 443 g/mol. The van der Waals surface area contributed by atoms with Crippen molar-refractivity contribution in [3.8, 4) is 0 Å². The number of aromatic amines is 1. The van der Waals surface area contributed by atoms with Crippen molar-refractivity contribution in [1.82, 2.24) is 24.9 Å². The Morgan fingerprint density at radius 2 is 2.03 bits per heavy atom. The molecule has 0 bridgehead atoms. The molecule has 0 aliphatic rings. The van der Waals surface area contributed by atoms with Crippen LogP contribution in [0.1, 0.15) is 11.3 Å². The Balaban J connectivity index is 1.57. The van der Waals surface area contributed by atoms with Gasteiger partial charge in [-0.3, -0.25) is 9.65 Å². The second kappa shape index (κ2) is 8.76. The van der Waals surface area contributed by atoms with Gasteiger partial charge in [-0.1, -0.05) is 29.8 Å². The molecule has 0 aliphatic heterocycles. The molecule has 4 aromatic rings. The van der Waals surface area contributed by atoms with Crippen molar-refractivity contribution < 1.29 is 8.76 Å². The van der Waals surface area contributed by atoms with Gasteiger partial charge in [0.15, 0.2) is 5.82 Å². The predicted octanol–water partition coefficient (Wildman–Crippen LogP) is 4.03. The highest BCUT2D eigenvalue weighted by Crippen LogP contribution is 2.27. The van der Waals surface area contributed by atoms with Crippen molar-refractivity contribution in [2.45, 2.75) is 13.5 Å². The Bertz CT molecular complexity index is 1230. The van der Waals surface area contributed by atoms with Crippen molar-refractivity contribution >= 4 is 56.9 Å². The molecule has 1 atom stereocenters. The van der Waals surface area contributed by atoms with E-state index in [1.165, 1.54) is 6.20 Å². The van der Waals surface area contributed by atoms with Crippen molar-refractivity contribution in [3.63, 3.8) is 0 Å². The normalized spacial score (nSPS) is 12.1. The van der Waals surface area contributed by atoms with Crippen LogP contribution in [0, 0.1) is 6.92 Å². The Hall–Kier alpha value is -3.05. The Morgan fingerprint density at radius 3 is 2.87 bits per heavy atom. The third kappa shape index (κ3) is 4.57. The van der Waals surface area contributed by atoms with E-state index in [9.17, 15) is 4.21 Å². The first-order chi connectivity index (χ1) is 14.5. The van der Waals surface area contributed by atoms with Crippen molar-refractivity contribution in [2.75, 3.05) is 10.6 Å². The molecule has 11 heteroatoms. The SMILES string of the molecule is Cc1[nH]nc2cc(Nc3ncc(Cl)c(Nc4ccccc4CNS(=O)O)n3)ccc12. The molecule has 2 aromatic heterocycles. The minimum Gasteiger partial charge on any atom is -0.339 e. The first-order valence-corrected chi connectivity index (χ1v) is 10.4. The van der Waals surface area contributed by atoms with Gasteiger partial charge in [0.05, 0.1) is 11.7 Å². The summed E-state index contributed by atoms with van der Waals surface area (Å²) in [6.45, 7) is 2.16. The quantitative estimate of drug-likeness (QED) is 0.273. The van der Waals surface area contributed by atoms with Gasteiger partial charge in [-0.2, -0.15) is 10.1 Å². The van der Waals surface area contributed by atoms with E-state index in [-0.39, 0.29) is 6.54 Å². The number of para-hydroxylation sites is 1. The number of anilines is 4. The average Bonchev–Trinajstić information content (AvgIpc) is 3.10. The van der Waals surface area contributed by atoms with Crippen LogP contribution in [0.4, 0.5) is 23.1 Å². The van der Waals surface area contributed by atoms with Gasteiger partial charge >= 0.3 is 0 Å². The van der Waals surface area contributed by atoms with Crippen LogP contribution >= 0.6 is 11.6 Å². The number of fused-ring (bicyclic) bond motifs is 1. The molecule has 0 aliphatic carbocycles. The van der Waals surface area contributed by atoms with E-state index in [1.807, 2.05) is 49.4 Å². The molecule has 0 spiro atoms. The molecule has 0 saturated heterocycles. The van der Waals surface area contributed by atoms with E-state index in [4.69, 9.17) is 16.2 Å². The molecule has 30 heavy (non-hydrogen) atoms. The lowest BCUT2D eigenvalue weighted by Gasteiger charge is -2.13. The maximum atomic E-state index is 10.9. The Kier molecular flexibility index (Phi) is 5.91. The van der Waals surface area contributed by atoms with Gasteiger partial charge in [0, 0.05) is 29.0 Å². The van der Waals surface area contributed by atoms with E-state index >= 15 is 0 Å². The lowest BCUT2D eigenvalue weighted by Crippen LogP contribution is -2.16. The van der Waals surface area contributed by atoms with E-state index in [1.54, 1.807) is 0 Å². The minimum atomic E-state index is -2.11. The van der Waals surface area contributed by atoms with Crippen LogP contribution < -0.4 is 15.4 Å². The largest absolute Gasteiger partial charge is 0.339 e. The number of rotatable bonds is 7. The van der Waals surface area contributed by atoms with Crippen molar-refractivity contribution in [3.05, 3.63) is 64.9 Å². The number of hydrogen-bond acceptors (Lipinski definition) is 6. The number of aryl methyl sites for hydroxylation is 1. The smallest absolute Gasteiger partial charge is 0.232 e. The van der Waals surface area contributed by atoms with Gasteiger partial charge < -0.3 is 10.6 Å². The van der Waals surface area contributed by atoms with Crippen molar-refractivity contribution in [1.29, 1.82) is 0 Å². The average molecular weight is 444 g/mol. The lowest BCUT2D eigenvalue weighted by molar-refractivity contribution is 0.549. The third-order valence-electron chi connectivity index (χ3n) is 4.40. The number of halogens is 1. The van der Waals surface area contributed by atoms with Crippen LogP contribution in [0.15, 0.2) is 48.7 Å². The van der Waals surface area contributed by atoms with Gasteiger partial charge in [0.25, 0.3) is 0 Å². The van der Waals surface area contributed by atoms with E-state index in [0.717, 1.165) is 27.8 Å². The van der Waals surface area contributed by atoms with Crippen molar-refractivity contribution in [2.24, 2.45) is 0 Å². The Labute approximate surface area is 179 Å². The highest BCUT2D eigenvalue weighted by molar-refractivity contribution is 7.77. The molecule has 2 aromatic carbocycles. The van der Waals surface area contributed by atoms with Gasteiger partial charge in [-0.15, -0.1) is 0 Å². The first-order valence-electron chi connectivity index (χ1n) is 8.93. The van der Waals surface area contributed by atoms with Crippen LogP contribution in [0.5, 0.6) is 0 Å². The summed E-state index contributed by atoms with van der Waals surface area (Å²) >= 11 is 4.17. The van der Waals surface area contributed by atoms with E-state index < -0.39 is 11.3 Å². The highest BCUT2D eigenvalue weighted by atomic mass is 35.5.